The van der Waals surface area contributed by atoms with Gasteiger partial charge in [0.2, 0.25) is 0 Å². The highest BCUT2D eigenvalue weighted by Gasteiger charge is 2.03. The zero-order chi connectivity index (χ0) is 12.8. The Hall–Kier alpha value is -2.12. The number of nitriles is 1. The van der Waals surface area contributed by atoms with Gasteiger partial charge in [0.05, 0.1) is 24.0 Å². The molecule has 0 aliphatic heterocycles. The third-order valence-electron chi connectivity index (χ3n) is 2.34. The molecule has 2 aromatic rings. The van der Waals surface area contributed by atoms with E-state index in [9.17, 15) is 0 Å². The predicted octanol–water partition coefficient (Wildman–Crippen LogP) is 2.58. The monoisotopic (exact) mass is 258 g/mol. The second-order valence-corrected chi connectivity index (χ2v) is 3.99. The quantitative estimate of drug-likeness (QED) is 0.626. The van der Waals surface area contributed by atoms with Crippen LogP contribution in [0.3, 0.4) is 0 Å². The molecule has 2 rings (SSSR count). The van der Waals surface area contributed by atoms with Gasteiger partial charge in [0, 0.05) is 23.8 Å². The summed E-state index contributed by atoms with van der Waals surface area (Å²) in [7, 11) is 0. The van der Waals surface area contributed by atoms with Crippen LogP contribution in [0.15, 0.2) is 36.8 Å². The number of halogens is 1. The Morgan fingerprint density at radius 1 is 1.50 bits per heavy atom. The summed E-state index contributed by atoms with van der Waals surface area (Å²) in [5, 5.41) is 13.3. The van der Waals surface area contributed by atoms with Crippen molar-refractivity contribution in [3.8, 4) is 6.07 Å². The van der Waals surface area contributed by atoms with E-state index >= 15 is 0 Å². The molecule has 5 heteroatoms. The van der Waals surface area contributed by atoms with Crippen LogP contribution in [0, 0.1) is 11.3 Å². The molecular weight excluding hydrogens is 248 g/mol. The lowest BCUT2D eigenvalue weighted by atomic mass is 10.1. The Bertz CT molecular complexity index is 581. The number of pyridine rings is 1. The SMILES string of the molecule is N#CC(=Cc1cnn(CCCl)c1)c1ccccn1. The van der Waals surface area contributed by atoms with Gasteiger partial charge in [0.15, 0.2) is 0 Å². The number of nitrogens with zero attached hydrogens (tertiary/aromatic N) is 4. The number of hydrogen-bond donors (Lipinski definition) is 0. The summed E-state index contributed by atoms with van der Waals surface area (Å²) in [5.74, 6) is 0.510. The molecule has 0 aromatic carbocycles. The summed E-state index contributed by atoms with van der Waals surface area (Å²) < 4.78 is 1.74. The molecule has 0 aliphatic carbocycles. The molecule has 90 valence electrons. The van der Waals surface area contributed by atoms with Gasteiger partial charge in [-0.2, -0.15) is 10.4 Å². The van der Waals surface area contributed by atoms with Crippen molar-refractivity contribution in [2.75, 3.05) is 5.88 Å². The Morgan fingerprint density at radius 3 is 3.06 bits per heavy atom. The predicted molar refractivity (Wildman–Crippen MR) is 70.7 cm³/mol. The van der Waals surface area contributed by atoms with E-state index in [0.717, 1.165) is 5.56 Å². The van der Waals surface area contributed by atoms with Crippen molar-refractivity contribution in [1.29, 1.82) is 5.26 Å². The van der Waals surface area contributed by atoms with E-state index < -0.39 is 0 Å². The minimum absolute atomic E-state index is 0.510. The number of alkyl halides is 1. The largest absolute Gasteiger partial charge is 0.271 e. The van der Waals surface area contributed by atoms with Gasteiger partial charge >= 0.3 is 0 Å². The van der Waals surface area contributed by atoms with Crippen LogP contribution in [0.25, 0.3) is 11.6 Å². The first-order valence-corrected chi connectivity index (χ1v) is 5.98. The number of hydrogen-bond acceptors (Lipinski definition) is 3. The van der Waals surface area contributed by atoms with E-state index in [0.29, 0.717) is 23.7 Å². The summed E-state index contributed by atoms with van der Waals surface area (Å²) in [6.07, 6.45) is 6.98. The van der Waals surface area contributed by atoms with Crippen molar-refractivity contribution in [1.82, 2.24) is 14.8 Å². The van der Waals surface area contributed by atoms with Gasteiger partial charge in [-0.15, -0.1) is 11.6 Å². The van der Waals surface area contributed by atoms with Crippen LogP contribution >= 0.6 is 11.6 Å². The second-order valence-electron chi connectivity index (χ2n) is 3.61. The standard InChI is InChI=1S/C13H11ClN4/c14-4-6-18-10-11(9-17-18)7-12(8-15)13-3-1-2-5-16-13/h1-3,5,7,9-10H,4,6H2. The maximum Gasteiger partial charge on any atom is 0.101 e. The van der Waals surface area contributed by atoms with Crippen LogP contribution in [-0.2, 0) is 6.54 Å². The highest BCUT2D eigenvalue weighted by atomic mass is 35.5. The van der Waals surface area contributed by atoms with Crippen LogP contribution in [0.2, 0.25) is 0 Å². The van der Waals surface area contributed by atoms with Crippen molar-refractivity contribution in [3.63, 3.8) is 0 Å². The van der Waals surface area contributed by atoms with Crippen molar-refractivity contribution < 1.29 is 0 Å². The molecule has 4 nitrogen and oxygen atoms in total. The Kier molecular flexibility index (Phi) is 4.11. The first kappa shape index (κ1) is 12.3. The van der Waals surface area contributed by atoms with Crippen molar-refractivity contribution in [2.24, 2.45) is 0 Å². The second kappa shape index (κ2) is 5.99. The van der Waals surface area contributed by atoms with E-state index in [-0.39, 0.29) is 0 Å². The summed E-state index contributed by atoms with van der Waals surface area (Å²) in [5.41, 5.74) is 2.04. The van der Waals surface area contributed by atoms with E-state index in [4.69, 9.17) is 16.9 Å². The van der Waals surface area contributed by atoms with Gasteiger partial charge in [-0.05, 0) is 18.2 Å². The molecule has 2 heterocycles. The van der Waals surface area contributed by atoms with E-state index in [1.54, 1.807) is 29.2 Å². The smallest absolute Gasteiger partial charge is 0.101 e. The van der Waals surface area contributed by atoms with Crippen LogP contribution in [0.4, 0.5) is 0 Å². The minimum Gasteiger partial charge on any atom is -0.271 e. The molecule has 0 fully saturated rings. The van der Waals surface area contributed by atoms with Gasteiger partial charge in [0.1, 0.15) is 6.07 Å². The molecule has 0 saturated carbocycles. The third kappa shape index (κ3) is 2.96. The third-order valence-corrected chi connectivity index (χ3v) is 2.51. The topological polar surface area (TPSA) is 54.5 Å². The highest BCUT2D eigenvalue weighted by molar-refractivity contribution is 6.17. The fourth-order valence-corrected chi connectivity index (χ4v) is 1.69. The molecule has 0 amide bonds. The van der Waals surface area contributed by atoms with Crippen molar-refractivity contribution in [2.45, 2.75) is 6.54 Å². The first-order chi connectivity index (χ1) is 8.83. The maximum atomic E-state index is 9.14. The van der Waals surface area contributed by atoms with E-state index in [1.165, 1.54) is 0 Å². The Balaban J connectivity index is 2.27. The highest BCUT2D eigenvalue weighted by Crippen LogP contribution is 2.14. The Morgan fingerprint density at radius 2 is 2.39 bits per heavy atom. The average Bonchev–Trinajstić information content (AvgIpc) is 2.85. The molecule has 0 unspecified atom stereocenters. The number of rotatable bonds is 4. The molecule has 18 heavy (non-hydrogen) atoms. The lowest BCUT2D eigenvalue weighted by Gasteiger charge is -1.96. The summed E-state index contributed by atoms with van der Waals surface area (Å²) in [4.78, 5) is 4.15. The van der Waals surface area contributed by atoms with Crippen LogP contribution in [0.5, 0.6) is 0 Å². The van der Waals surface area contributed by atoms with Crippen LogP contribution < -0.4 is 0 Å². The fourth-order valence-electron chi connectivity index (χ4n) is 1.52. The molecule has 0 atom stereocenters. The molecular formula is C13H11ClN4. The molecule has 0 aliphatic rings. The number of allylic oxidation sites excluding steroid dienone is 1. The van der Waals surface area contributed by atoms with Gasteiger partial charge in [-0.3, -0.25) is 9.67 Å². The molecule has 0 radical (unpaired) electrons. The van der Waals surface area contributed by atoms with Gasteiger partial charge in [-0.1, -0.05) is 6.07 Å². The zero-order valence-corrected chi connectivity index (χ0v) is 10.4. The number of aryl methyl sites for hydroxylation is 1. The molecule has 0 saturated heterocycles. The average molecular weight is 259 g/mol. The van der Waals surface area contributed by atoms with Crippen LogP contribution in [0.1, 0.15) is 11.3 Å². The minimum atomic E-state index is 0.510. The lowest BCUT2D eigenvalue weighted by molar-refractivity contribution is 0.664. The summed E-state index contributed by atoms with van der Waals surface area (Å²) in [6.45, 7) is 0.654. The van der Waals surface area contributed by atoms with Crippen LogP contribution in [-0.4, -0.2) is 20.6 Å². The van der Waals surface area contributed by atoms with Gasteiger partial charge in [-0.25, -0.2) is 0 Å². The molecule has 0 N–H and O–H groups in total. The normalized spacial score (nSPS) is 11.2. The lowest BCUT2D eigenvalue weighted by Crippen LogP contribution is -1.98. The molecule has 0 spiro atoms. The summed E-state index contributed by atoms with van der Waals surface area (Å²) in [6, 6.07) is 7.62. The first-order valence-electron chi connectivity index (χ1n) is 5.45. The zero-order valence-electron chi connectivity index (χ0n) is 9.62. The van der Waals surface area contributed by atoms with Crippen molar-refractivity contribution >= 4 is 23.3 Å². The fraction of sp³-hybridized carbons (Fsp3) is 0.154. The molecule has 2 aromatic heterocycles. The summed E-state index contributed by atoms with van der Waals surface area (Å²) >= 11 is 5.64. The maximum absolute atomic E-state index is 9.14. The van der Waals surface area contributed by atoms with E-state index in [2.05, 4.69) is 16.2 Å². The van der Waals surface area contributed by atoms with Gasteiger partial charge in [0.25, 0.3) is 0 Å². The van der Waals surface area contributed by atoms with E-state index in [1.807, 2.05) is 18.3 Å². The molecule has 0 bridgehead atoms. The van der Waals surface area contributed by atoms with Gasteiger partial charge < -0.3 is 0 Å². The Labute approximate surface area is 110 Å². The van der Waals surface area contributed by atoms with Crippen molar-refractivity contribution in [3.05, 3.63) is 48.0 Å². The number of aromatic nitrogens is 3.